The first-order chi connectivity index (χ1) is 7.20. The molecule has 2 aromatic rings. The van der Waals surface area contributed by atoms with Gasteiger partial charge >= 0.3 is 0 Å². The van der Waals surface area contributed by atoms with Gasteiger partial charge in [0.1, 0.15) is 6.10 Å². The van der Waals surface area contributed by atoms with Gasteiger partial charge in [-0.05, 0) is 6.07 Å². The number of rotatable bonds is 2. The van der Waals surface area contributed by atoms with Crippen LogP contribution in [0.2, 0.25) is 10.0 Å². The lowest BCUT2D eigenvalue weighted by atomic mass is 10.1. The lowest BCUT2D eigenvalue weighted by Crippen LogP contribution is -1.99. The quantitative estimate of drug-likeness (QED) is 0.851. The van der Waals surface area contributed by atoms with E-state index in [4.69, 9.17) is 23.2 Å². The summed E-state index contributed by atoms with van der Waals surface area (Å²) in [6.45, 7) is 0. The van der Waals surface area contributed by atoms with Crippen LogP contribution in [0.1, 0.15) is 17.2 Å². The fraction of sp³-hybridized carbons (Fsp3) is 0.100. The first-order valence-electron chi connectivity index (χ1n) is 4.31. The molecule has 0 saturated heterocycles. The molecule has 2 N–H and O–H groups in total. The number of nitrogens with zero attached hydrogens (tertiary/aromatic N) is 1. The maximum atomic E-state index is 9.98. The highest BCUT2D eigenvalue weighted by molar-refractivity contribution is 6.42. The van der Waals surface area contributed by atoms with Crippen LogP contribution in [0, 0.1) is 0 Å². The van der Waals surface area contributed by atoms with Crippen molar-refractivity contribution in [1.29, 1.82) is 0 Å². The van der Waals surface area contributed by atoms with Gasteiger partial charge in [-0.25, -0.2) is 0 Å². The first-order valence-corrected chi connectivity index (χ1v) is 5.06. The van der Waals surface area contributed by atoms with Gasteiger partial charge in [-0.15, -0.1) is 0 Å². The van der Waals surface area contributed by atoms with Crippen molar-refractivity contribution in [1.82, 2.24) is 10.2 Å². The smallest absolute Gasteiger partial charge is 0.109 e. The molecular formula is C10H8Cl2N2O. The van der Waals surface area contributed by atoms with Crippen LogP contribution in [0.4, 0.5) is 0 Å². The number of benzene rings is 1. The molecule has 3 nitrogen and oxygen atoms in total. The van der Waals surface area contributed by atoms with E-state index in [0.29, 0.717) is 21.2 Å². The zero-order chi connectivity index (χ0) is 10.8. The Morgan fingerprint density at radius 2 is 2.13 bits per heavy atom. The van der Waals surface area contributed by atoms with E-state index in [2.05, 4.69) is 10.2 Å². The summed E-state index contributed by atoms with van der Waals surface area (Å²) in [5.41, 5.74) is 1.23. The van der Waals surface area contributed by atoms with Crippen LogP contribution in [-0.2, 0) is 0 Å². The Kier molecular flexibility index (Phi) is 2.95. The summed E-state index contributed by atoms with van der Waals surface area (Å²) in [5, 5.41) is 17.2. The number of halogens is 2. The Bertz CT molecular complexity index is 456. The van der Waals surface area contributed by atoms with Crippen molar-refractivity contribution < 1.29 is 5.11 Å². The Hall–Kier alpha value is -1.03. The minimum Gasteiger partial charge on any atom is -0.383 e. The molecule has 15 heavy (non-hydrogen) atoms. The molecule has 0 amide bonds. The fourth-order valence-corrected chi connectivity index (χ4v) is 1.73. The van der Waals surface area contributed by atoms with Crippen molar-refractivity contribution >= 4 is 23.2 Å². The molecule has 0 bridgehead atoms. The molecule has 5 heteroatoms. The number of aromatic amines is 1. The van der Waals surface area contributed by atoms with Crippen molar-refractivity contribution in [3.05, 3.63) is 51.8 Å². The van der Waals surface area contributed by atoms with Gasteiger partial charge in [0, 0.05) is 17.3 Å². The minimum absolute atomic E-state index is 0.368. The minimum atomic E-state index is -0.810. The van der Waals surface area contributed by atoms with Gasteiger partial charge in [0.15, 0.2) is 0 Å². The highest BCUT2D eigenvalue weighted by Crippen LogP contribution is 2.32. The standard InChI is InChI=1S/C10H8Cl2N2O/c11-8-3-1-2-7(9(8)12)10(15)6-4-13-14-5-6/h1-5,10,15H,(H,13,14). The van der Waals surface area contributed by atoms with Gasteiger partial charge in [-0.2, -0.15) is 5.10 Å². The van der Waals surface area contributed by atoms with E-state index in [1.807, 2.05) is 0 Å². The van der Waals surface area contributed by atoms with Crippen molar-refractivity contribution in [2.24, 2.45) is 0 Å². The van der Waals surface area contributed by atoms with Crippen LogP contribution >= 0.6 is 23.2 Å². The predicted octanol–water partition coefficient (Wildman–Crippen LogP) is 2.80. The van der Waals surface area contributed by atoms with Crippen molar-refractivity contribution in [3.8, 4) is 0 Å². The molecule has 78 valence electrons. The maximum absolute atomic E-state index is 9.98. The molecule has 1 aromatic carbocycles. The SMILES string of the molecule is OC(c1cn[nH]c1)c1cccc(Cl)c1Cl. The summed E-state index contributed by atoms with van der Waals surface area (Å²) in [7, 11) is 0. The molecule has 0 fully saturated rings. The number of aliphatic hydroxyl groups is 1. The maximum Gasteiger partial charge on any atom is 0.109 e. The van der Waals surface area contributed by atoms with Gasteiger partial charge in [-0.1, -0.05) is 35.3 Å². The molecule has 0 saturated carbocycles. The topological polar surface area (TPSA) is 48.9 Å². The van der Waals surface area contributed by atoms with E-state index in [9.17, 15) is 5.11 Å². The first kappa shape index (κ1) is 10.5. The second-order valence-electron chi connectivity index (χ2n) is 3.08. The Morgan fingerprint density at radius 3 is 2.80 bits per heavy atom. The normalized spacial score (nSPS) is 12.7. The van der Waals surface area contributed by atoms with Crippen molar-refractivity contribution in [2.75, 3.05) is 0 Å². The van der Waals surface area contributed by atoms with Gasteiger partial charge in [0.05, 0.1) is 16.2 Å². The Morgan fingerprint density at radius 1 is 1.33 bits per heavy atom. The lowest BCUT2D eigenvalue weighted by molar-refractivity contribution is 0.220. The van der Waals surface area contributed by atoms with Gasteiger partial charge in [-0.3, -0.25) is 5.10 Å². The zero-order valence-corrected chi connectivity index (χ0v) is 9.13. The average molecular weight is 243 g/mol. The molecular weight excluding hydrogens is 235 g/mol. The molecule has 1 atom stereocenters. The summed E-state index contributed by atoms with van der Waals surface area (Å²) in [5.74, 6) is 0. The number of hydrogen-bond acceptors (Lipinski definition) is 2. The Labute approximate surface area is 96.7 Å². The van der Waals surface area contributed by atoms with Crippen LogP contribution in [-0.4, -0.2) is 15.3 Å². The third kappa shape index (κ3) is 2.00. The molecule has 0 spiro atoms. The number of aliphatic hydroxyl groups excluding tert-OH is 1. The van der Waals surface area contributed by atoms with Gasteiger partial charge < -0.3 is 5.11 Å². The second kappa shape index (κ2) is 4.23. The van der Waals surface area contributed by atoms with Crippen LogP contribution < -0.4 is 0 Å². The molecule has 2 rings (SSSR count). The highest BCUT2D eigenvalue weighted by Gasteiger charge is 2.15. The van der Waals surface area contributed by atoms with Crippen molar-refractivity contribution in [3.63, 3.8) is 0 Å². The summed E-state index contributed by atoms with van der Waals surface area (Å²) >= 11 is 11.8. The van der Waals surface area contributed by atoms with E-state index in [1.54, 1.807) is 30.6 Å². The molecule has 0 aliphatic rings. The molecule has 0 aliphatic heterocycles. The molecule has 1 aromatic heterocycles. The van der Waals surface area contributed by atoms with Gasteiger partial charge in [0.25, 0.3) is 0 Å². The molecule has 0 aliphatic carbocycles. The summed E-state index contributed by atoms with van der Waals surface area (Å²) in [4.78, 5) is 0. The lowest BCUT2D eigenvalue weighted by Gasteiger charge is -2.11. The summed E-state index contributed by atoms with van der Waals surface area (Å²) in [6, 6.07) is 5.15. The predicted molar refractivity (Wildman–Crippen MR) is 59.1 cm³/mol. The zero-order valence-electron chi connectivity index (χ0n) is 7.61. The third-order valence-corrected chi connectivity index (χ3v) is 2.94. The van der Waals surface area contributed by atoms with E-state index in [1.165, 1.54) is 0 Å². The van der Waals surface area contributed by atoms with Crippen LogP contribution in [0.25, 0.3) is 0 Å². The van der Waals surface area contributed by atoms with Crippen LogP contribution in [0.5, 0.6) is 0 Å². The molecule has 1 unspecified atom stereocenters. The largest absolute Gasteiger partial charge is 0.383 e. The van der Waals surface area contributed by atoms with Gasteiger partial charge in [0.2, 0.25) is 0 Å². The number of hydrogen-bond donors (Lipinski definition) is 2. The van der Waals surface area contributed by atoms with E-state index in [0.717, 1.165) is 0 Å². The summed E-state index contributed by atoms with van der Waals surface area (Å²) in [6.07, 6.45) is 2.35. The Balaban J connectivity index is 2.42. The molecule has 1 heterocycles. The van der Waals surface area contributed by atoms with Crippen LogP contribution in [0.15, 0.2) is 30.6 Å². The second-order valence-corrected chi connectivity index (χ2v) is 3.86. The summed E-state index contributed by atoms with van der Waals surface area (Å²) < 4.78 is 0. The number of aromatic nitrogens is 2. The molecule has 0 radical (unpaired) electrons. The highest BCUT2D eigenvalue weighted by atomic mass is 35.5. The monoisotopic (exact) mass is 242 g/mol. The number of nitrogens with one attached hydrogen (secondary N) is 1. The van der Waals surface area contributed by atoms with E-state index < -0.39 is 6.10 Å². The fourth-order valence-electron chi connectivity index (χ4n) is 1.32. The average Bonchev–Trinajstić information content (AvgIpc) is 2.74. The number of H-pyrrole nitrogens is 1. The van der Waals surface area contributed by atoms with E-state index >= 15 is 0 Å². The van der Waals surface area contributed by atoms with Crippen LogP contribution in [0.3, 0.4) is 0 Å². The van der Waals surface area contributed by atoms with E-state index in [-0.39, 0.29) is 0 Å². The van der Waals surface area contributed by atoms with Crippen molar-refractivity contribution in [2.45, 2.75) is 6.10 Å². The third-order valence-electron chi connectivity index (χ3n) is 2.11.